The van der Waals surface area contributed by atoms with E-state index in [1.54, 1.807) is 25.6 Å². The summed E-state index contributed by atoms with van der Waals surface area (Å²) < 4.78 is 5.53. The Morgan fingerprint density at radius 1 is 1.26 bits per heavy atom. The average Bonchev–Trinajstić information content (AvgIpc) is 3.28. The minimum atomic E-state index is -0.122. The van der Waals surface area contributed by atoms with Crippen molar-refractivity contribution in [3.05, 3.63) is 58.5 Å². The maximum absolute atomic E-state index is 12.9. The van der Waals surface area contributed by atoms with Crippen LogP contribution in [0.2, 0.25) is 5.02 Å². The largest absolute Gasteiger partial charge is 0.493 e. The normalized spacial score (nSPS) is 22.2. The van der Waals surface area contributed by atoms with E-state index >= 15 is 0 Å². The maximum Gasteiger partial charge on any atom is 0.255 e. The maximum atomic E-state index is 12.9. The van der Waals surface area contributed by atoms with Crippen molar-refractivity contribution in [2.75, 3.05) is 19.0 Å². The standard InChI is InChI=1S/C26H24ClN5O2/c1-34-25-18(27)3-2-4-20(25)32-24-22-19(8-10-29-26(22)33)31-23(24)17-7-9-28-13-14(17)5-6-16-11-15-12-21(15)30-16/h2-4,7,9,13,15-16,21,30-32H,8,10-12H2,1H3,(H,29,33). The predicted molar refractivity (Wildman–Crippen MR) is 132 cm³/mol. The average molecular weight is 474 g/mol. The third kappa shape index (κ3) is 3.69. The molecule has 1 saturated heterocycles. The first-order valence-corrected chi connectivity index (χ1v) is 11.8. The van der Waals surface area contributed by atoms with Crippen molar-refractivity contribution in [3.8, 4) is 28.8 Å². The van der Waals surface area contributed by atoms with Crippen LogP contribution in [0.3, 0.4) is 0 Å². The minimum absolute atomic E-state index is 0.122. The van der Waals surface area contributed by atoms with Crippen LogP contribution < -0.4 is 20.7 Å². The molecule has 3 aromatic rings. The van der Waals surface area contributed by atoms with Gasteiger partial charge in [0.25, 0.3) is 5.91 Å². The van der Waals surface area contributed by atoms with Crippen molar-refractivity contribution in [3.63, 3.8) is 0 Å². The van der Waals surface area contributed by atoms with Gasteiger partial charge in [0.1, 0.15) is 0 Å². The number of aromatic amines is 1. The monoisotopic (exact) mass is 473 g/mol. The molecule has 0 spiro atoms. The van der Waals surface area contributed by atoms with E-state index in [1.165, 1.54) is 6.42 Å². The van der Waals surface area contributed by atoms with Gasteiger partial charge in [-0.05, 0) is 37.0 Å². The first-order valence-electron chi connectivity index (χ1n) is 11.5. The number of pyridine rings is 1. The van der Waals surface area contributed by atoms with E-state index in [0.29, 0.717) is 46.7 Å². The number of ether oxygens (including phenoxy) is 1. The molecule has 2 fully saturated rings. The van der Waals surface area contributed by atoms with E-state index in [4.69, 9.17) is 16.3 Å². The van der Waals surface area contributed by atoms with Gasteiger partial charge in [-0.2, -0.15) is 0 Å². The van der Waals surface area contributed by atoms with E-state index in [1.807, 2.05) is 18.2 Å². The zero-order valence-corrected chi connectivity index (χ0v) is 19.4. The summed E-state index contributed by atoms with van der Waals surface area (Å²) in [5, 5.41) is 10.4. The molecule has 7 nitrogen and oxygen atoms in total. The Balaban J connectivity index is 1.45. The molecule has 4 heterocycles. The predicted octanol–water partition coefficient (Wildman–Crippen LogP) is 3.87. The molecule has 6 rings (SSSR count). The van der Waals surface area contributed by atoms with Crippen LogP contribution in [0.25, 0.3) is 11.3 Å². The molecule has 3 unspecified atom stereocenters. The number of H-pyrrole nitrogens is 1. The van der Waals surface area contributed by atoms with E-state index in [-0.39, 0.29) is 11.9 Å². The molecule has 1 saturated carbocycles. The Bertz CT molecular complexity index is 1340. The molecule has 3 aliphatic rings. The first-order chi connectivity index (χ1) is 16.6. The van der Waals surface area contributed by atoms with E-state index in [9.17, 15) is 4.79 Å². The Labute approximate surface area is 202 Å². The lowest BCUT2D eigenvalue weighted by molar-refractivity contribution is 0.0947. The second-order valence-corrected chi connectivity index (χ2v) is 9.34. The molecule has 2 aromatic heterocycles. The zero-order valence-electron chi connectivity index (χ0n) is 18.7. The van der Waals surface area contributed by atoms with Crippen LogP contribution >= 0.6 is 11.6 Å². The number of amides is 1. The molecule has 2 aliphatic heterocycles. The molecular weight excluding hydrogens is 450 g/mol. The van der Waals surface area contributed by atoms with Crippen LogP contribution in [0.4, 0.5) is 11.4 Å². The van der Waals surface area contributed by atoms with Gasteiger partial charge in [0.2, 0.25) is 0 Å². The van der Waals surface area contributed by atoms with Crippen LogP contribution in [-0.4, -0.2) is 41.6 Å². The molecule has 172 valence electrons. The third-order valence-electron chi connectivity index (χ3n) is 6.74. The number of methoxy groups -OCH3 is 1. The fourth-order valence-corrected chi connectivity index (χ4v) is 5.23. The van der Waals surface area contributed by atoms with Gasteiger partial charge in [-0.25, -0.2) is 0 Å². The van der Waals surface area contributed by atoms with E-state index in [2.05, 4.69) is 37.8 Å². The van der Waals surface area contributed by atoms with Gasteiger partial charge in [-0.15, -0.1) is 0 Å². The van der Waals surface area contributed by atoms with E-state index < -0.39 is 0 Å². The Hall–Kier alpha value is -3.47. The lowest BCUT2D eigenvalue weighted by Gasteiger charge is -2.17. The molecule has 1 aromatic carbocycles. The number of fused-ring (bicyclic) bond motifs is 2. The summed E-state index contributed by atoms with van der Waals surface area (Å²) in [5.41, 5.74) is 5.31. The van der Waals surface area contributed by atoms with Crippen molar-refractivity contribution in [2.24, 2.45) is 5.92 Å². The summed E-state index contributed by atoms with van der Waals surface area (Å²) in [6.07, 6.45) is 6.61. The third-order valence-corrected chi connectivity index (χ3v) is 7.04. The Kier molecular flexibility index (Phi) is 5.20. The fourth-order valence-electron chi connectivity index (χ4n) is 4.97. The molecule has 3 atom stereocenters. The highest BCUT2D eigenvalue weighted by Gasteiger charge is 2.45. The fraction of sp³-hybridized carbons (Fsp3) is 0.308. The van der Waals surface area contributed by atoms with E-state index in [0.717, 1.165) is 34.9 Å². The zero-order chi connectivity index (χ0) is 23.2. The van der Waals surface area contributed by atoms with Crippen LogP contribution in [0, 0.1) is 17.8 Å². The van der Waals surface area contributed by atoms with Crippen molar-refractivity contribution in [1.82, 2.24) is 20.6 Å². The highest BCUT2D eigenvalue weighted by molar-refractivity contribution is 6.32. The lowest BCUT2D eigenvalue weighted by atomic mass is 10.0. The summed E-state index contributed by atoms with van der Waals surface area (Å²) >= 11 is 6.36. The highest BCUT2D eigenvalue weighted by atomic mass is 35.5. The number of nitrogens with one attached hydrogen (secondary N) is 4. The highest BCUT2D eigenvalue weighted by Crippen LogP contribution is 2.42. The number of carbonyl (C=O) groups excluding carboxylic acids is 1. The van der Waals surface area contributed by atoms with Crippen LogP contribution in [0.1, 0.15) is 34.5 Å². The number of benzene rings is 1. The van der Waals surface area contributed by atoms with Crippen LogP contribution in [0.15, 0.2) is 36.7 Å². The molecule has 34 heavy (non-hydrogen) atoms. The molecule has 1 amide bonds. The number of halogens is 1. The molecule has 8 heteroatoms. The summed E-state index contributed by atoms with van der Waals surface area (Å²) in [7, 11) is 1.57. The summed E-state index contributed by atoms with van der Waals surface area (Å²) in [6, 6.07) is 8.27. The number of nitrogens with zero attached hydrogens (tertiary/aromatic N) is 1. The Morgan fingerprint density at radius 3 is 3.00 bits per heavy atom. The number of piperidine rings is 1. The number of aromatic nitrogens is 2. The quantitative estimate of drug-likeness (QED) is 0.432. The van der Waals surface area contributed by atoms with Gasteiger partial charge in [0, 0.05) is 42.7 Å². The van der Waals surface area contributed by atoms with Crippen LogP contribution in [-0.2, 0) is 6.42 Å². The second kappa shape index (κ2) is 8.39. The van der Waals surface area contributed by atoms with Gasteiger partial charge >= 0.3 is 0 Å². The van der Waals surface area contributed by atoms with Gasteiger partial charge in [-0.1, -0.05) is 29.5 Å². The number of rotatable bonds is 4. The van der Waals surface area contributed by atoms with Gasteiger partial charge in [-0.3, -0.25) is 9.78 Å². The molecule has 0 bridgehead atoms. The minimum Gasteiger partial charge on any atom is -0.493 e. The van der Waals surface area contributed by atoms with Crippen LogP contribution in [0.5, 0.6) is 5.75 Å². The van der Waals surface area contributed by atoms with Gasteiger partial charge in [0.05, 0.1) is 46.4 Å². The number of hydrogen-bond donors (Lipinski definition) is 4. The molecule has 4 N–H and O–H groups in total. The van der Waals surface area contributed by atoms with Gasteiger partial charge < -0.3 is 25.7 Å². The molecule has 0 radical (unpaired) electrons. The SMILES string of the molecule is COc1c(Cl)cccc1Nc1c(-c2ccncc2C#CC2CC3CC3N2)[nH]c2c1C(=O)NCC2. The number of para-hydroxylation sites is 1. The van der Waals surface area contributed by atoms with Crippen molar-refractivity contribution < 1.29 is 9.53 Å². The topological polar surface area (TPSA) is 91.1 Å². The summed E-state index contributed by atoms with van der Waals surface area (Å²) in [5.74, 6) is 7.90. The summed E-state index contributed by atoms with van der Waals surface area (Å²) in [6.45, 7) is 0.588. The van der Waals surface area contributed by atoms with Crippen molar-refractivity contribution >= 4 is 28.9 Å². The second-order valence-electron chi connectivity index (χ2n) is 8.93. The number of anilines is 2. The van der Waals surface area contributed by atoms with Gasteiger partial charge in [0.15, 0.2) is 5.75 Å². The van der Waals surface area contributed by atoms with Crippen molar-refractivity contribution in [1.29, 1.82) is 0 Å². The number of hydrogen-bond acceptors (Lipinski definition) is 5. The number of carbonyl (C=O) groups is 1. The summed E-state index contributed by atoms with van der Waals surface area (Å²) in [4.78, 5) is 20.7. The molecule has 1 aliphatic carbocycles. The Morgan fingerprint density at radius 2 is 2.18 bits per heavy atom. The van der Waals surface area contributed by atoms with Crippen molar-refractivity contribution in [2.45, 2.75) is 31.3 Å². The molecular formula is C26H24ClN5O2. The lowest BCUT2D eigenvalue weighted by Crippen LogP contribution is -2.31. The first kappa shape index (κ1) is 21.1. The smallest absolute Gasteiger partial charge is 0.255 e.